The normalized spacial score (nSPS) is 11.1. The Bertz CT molecular complexity index is 461. The molecule has 0 heterocycles. The van der Waals surface area contributed by atoms with Crippen LogP contribution in [0.15, 0.2) is 18.2 Å². The third-order valence-electron chi connectivity index (χ3n) is 2.32. The van der Waals surface area contributed by atoms with E-state index in [2.05, 4.69) is 5.32 Å². The molecule has 0 saturated carbocycles. The number of carboxylic acid groups (broad SMARTS) is 1. The maximum atomic E-state index is 11.7. The first kappa shape index (κ1) is 13.2. The summed E-state index contributed by atoms with van der Waals surface area (Å²) < 4.78 is 0. The van der Waals surface area contributed by atoms with Gasteiger partial charge < -0.3 is 16.2 Å². The number of hydrogen-bond acceptors (Lipinski definition) is 3. The number of anilines is 1. The Hall–Kier alpha value is -1.88. The molecule has 0 saturated heterocycles. The fourth-order valence-corrected chi connectivity index (χ4v) is 1.17. The van der Waals surface area contributed by atoms with Crippen molar-refractivity contribution in [2.75, 3.05) is 5.32 Å². The van der Waals surface area contributed by atoms with E-state index in [1.54, 1.807) is 26.8 Å². The zero-order valence-electron chi connectivity index (χ0n) is 10.1. The Morgan fingerprint density at radius 1 is 1.35 bits per heavy atom. The fourth-order valence-electron chi connectivity index (χ4n) is 1.17. The van der Waals surface area contributed by atoms with Crippen LogP contribution in [0, 0.1) is 6.92 Å². The summed E-state index contributed by atoms with van der Waals surface area (Å²) in [5.41, 5.74) is 6.01. The fraction of sp³-hybridized carbons (Fsp3) is 0.333. The molecule has 0 spiro atoms. The van der Waals surface area contributed by atoms with Crippen LogP contribution in [-0.2, 0) is 4.79 Å². The van der Waals surface area contributed by atoms with E-state index in [1.807, 2.05) is 0 Å². The first-order valence-corrected chi connectivity index (χ1v) is 5.16. The Morgan fingerprint density at radius 2 is 1.94 bits per heavy atom. The lowest BCUT2D eigenvalue weighted by Crippen LogP contribution is -2.45. The van der Waals surface area contributed by atoms with E-state index in [9.17, 15) is 9.59 Å². The van der Waals surface area contributed by atoms with Crippen LogP contribution in [0.1, 0.15) is 29.8 Å². The van der Waals surface area contributed by atoms with Crippen LogP contribution in [0.3, 0.4) is 0 Å². The van der Waals surface area contributed by atoms with Gasteiger partial charge in [-0.15, -0.1) is 0 Å². The highest BCUT2D eigenvalue weighted by Gasteiger charge is 2.22. The molecule has 0 bridgehead atoms. The molecule has 1 aromatic rings. The molecule has 0 unspecified atom stereocenters. The van der Waals surface area contributed by atoms with Gasteiger partial charge in [-0.25, -0.2) is 4.79 Å². The van der Waals surface area contributed by atoms with Crippen LogP contribution >= 0.6 is 0 Å². The topological polar surface area (TPSA) is 92.4 Å². The quantitative estimate of drug-likeness (QED) is 0.739. The SMILES string of the molecule is Cc1ccc(C(=O)O)cc1NC(=O)C(C)(C)N. The molecule has 5 nitrogen and oxygen atoms in total. The molecular weight excluding hydrogens is 220 g/mol. The Kier molecular flexibility index (Phi) is 3.53. The van der Waals surface area contributed by atoms with Crippen LogP contribution < -0.4 is 11.1 Å². The van der Waals surface area contributed by atoms with Gasteiger partial charge in [0.05, 0.1) is 11.1 Å². The van der Waals surface area contributed by atoms with Gasteiger partial charge in [0, 0.05) is 5.69 Å². The second-order valence-electron chi connectivity index (χ2n) is 4.51. The number of nitrogens with two attached hydrogens (primary N) is 1. The summed E-state index contributed by atoms with van der Waals surface area (Å²) in [5, 5.41) is 11.5. The summed E-state index contributed by atoms with van der Waals surface area (Å²) in [6.45, 7) is 4.95. The third-order valence-corrected chi connectivity index (χ3v) is 2.32. The average molecular weight is 236 g/mol. The first-order valence-electron chi connectivity index (χ1n) is 5.16. The van der Waals surface area contributed by atoms with Gasteiger partial charge in [0.1, 0.15) is 0 Å². The minimum Gasteiger partial charge on any atom is -0.478 e. The average Bonchev–Trinajstić information content (AvgIpc) is 2.19. The van der Waals surface area contributed by atoms with Gasteiger partial charge in [-0.2, -0.15) is 0 Å². The number of rotatable bonds is 3. The van der Waals surface area contributed by atoms with Gasteiger partial charge in [-0.3, -0.25) is 4.79 Å². The van der Waals surface area contributed by atoms with E-state index < -0.39 is 11.5 Å². The number of aromatic carboxylic acids is 1. The molecule has 4 N–H and O–H groups in total. The highest BCUT2D eigenvalue weighted by molar-refractivity contribution is 5.99. The van der Waals surface area contributed by atoms with Gasteiger partial charge in [-0.05, 0) is 38.5 Å². The van der Waals surface area contributed by atoms with Gasteiger partial charge in [0.15, 0.2) is 0 Å². The Balaban J connectivity index is 3.02. The van der Waals surface area contributed by atoms with Crippen LogP contribution in [0.25, 0.3) is 0 Å². The molecule has 0 radical (unpaired) electrons. The van der Waals surface area contributed by atoms with E-state index in [1.165, 1.54) is 12.1 Å². The number of carbonyl (C=O) groups excluding carboxylic acids is 1. The van der Waals surface area contributed by atoms with Crippen LogP contribution in [-0.4, -0.2) is 22.5 Å². The van der Waals surface area contributed by atoms with Gasteiger partial charge in [-0.1, -0.05) is 6.07 Å². The van der Waals surface area contributed by atoms with Crippen molar-refractivity contribution in [3.8, 4) is 0 Å². The maximum absolute atomic E-state index is 11.7. The summed E-state index contributed by atoms with van der Waals surface area (Å²) in [7, 11) is 0. The monoisotopic (exact) mass is 236 g/mol. The van der Waals surface area contributed by atoms with Crippen LogP contribution in [0.2, 0.25) is 0 Å². The van der Waals surface area contributed by atoms with Crippen LogP contribution in [0.4, 0.5) is 5.69 Å². The molecule has 0 aliphatic heterocycles. The number of benzene rings is 1. The number of carbonyl (C=O) groups is 2. The van der Waals surface area contributed by atoms with Crippen molar-refractivity contribution in [1.82, 2.24) is 0 Å². The minimum absolute atomic E-state index is 0.126. The van der Waals surface area contributed by atoms with Crippen molar-refractivity contribution in [1.29, 1.82) is 0 Å². The number of hydrogen-bond donors (Lipinski definition) is 3. The molecule has 17 heavy (non-hydrogen) atoms. The van der Waals surface area contributed by atoms with Crippen LogP contribution in [0.5, 0.6) is 0 Å². The van der Waals surface area contributed by atoms with Crippen molar-refractivity contribution >= 4 is 17.6 Å². The molecule has 0 aliphatic rings. The van der Waals surface area contributed by atoms with E-state index in [0.29, 0.717) is 5.69 Å². The van der Waals surface area contributed by atoms with Gasteiger partial charge >= 0.3 is 5.97 Å². The van der Waals surface area contributed by atoms with Gasteiger partial charge in [0.25, 0.3) is 0 Å². The summed E-state index contributed by atoms with van der Waals surface area (Å²) >= 11 is 0. The zero-order chi connectivity index (χ0) is 13.2. The molecule has 0 aromatic heterocycles. The highest BCUT2D eigenvalue weighted by atomic mass is 16.4. The number of carboxylic acids is 1. The van der Waals surface area contributed by atoms with Crippen molar-refractivity contribution in [2.24, 2.45) is 5.73 Å². The molecule has 1 rings (SSSR count). The molecule has 92 valence electrons. The molecule has 0 atom stereocenters. The van der Waals surface area contributed by atoms with Crippen molar-refractivity contribution in [3.63, 3.8) is 0 Å². The first-order chi connectivity index (χ1) is 7.71. The summed E-state index contributed by atoms with van der Waals surface area (Å²) in [6, 6.07) is 4.55. The van der Waals surface area contributed by atoms with E-state index in [-0.39, 0.29) is 11.5 Å². The lowest BCUT2D eigenvalue weighted by molar-refractivity contribution is -0.120. The maximum Gasteiger partial charge on any atom is 0.335 e. The molecule has 1 amide bonds. The predicted molar refractivity (Wildman–Crippen MR) is 65.0 cm³/mol. The number of nitrogens with one attached hydrogen (secondary N) is 1. The molecule has 5 heteroatoms. The zero-order valence-corrected chi connectivity index (χ0v) is 10.1. The molecule has 1 aromatic carbocycles. The standard InChI is InChI=1S/C12H16N2O3/c1-7-4-5-8(10(15)16)6-9(7)14-11(17)12(2,3)13/h4-6H,13H2,1-3H3,(H,14,17)(H,15,16). The second kappa shape index (κ2) is 4.55. The molecule has 0 fully saturated rings. The summed E-state index contributed by atoms with van der Waals surface area (Å²) in [4.78, 5) is 22.5. The highest BCUT2D eigenvalue weighted by Crippen LogP contribution is 2.18. The lowest BCUT2D eigenvalue weighted by atomic mass is 10.0. The molecular formula is C12H16N2O3. The minimum atomic E-state index is -1.03. The summed E-state index contributed by atoms with van der Waals surface area (Å²) in [6.07, 6.45) is 0. The second-order valence-corrected chi connectivity index (χ2v) is 4.51. The van der Waals surface area contributed by atoms with Crippen molar-refractivity contribution in [2.45, 2.75) is 26.3 Å². The van der Waals surface area contributed by atoms with E-state index >= 15 is 0 Å². The lowest BCUT2D eigenvalue weighted by Gasteiger charge is -2.19. The van der Waals surface area contributed by atoms with E-state index in [0.717, 1.165) is 5.56 Å². The number of aryl methyl sites for hydroxylation is 1. The Labute approximate surface area is 99.6 Å². The predicted octanol–water partition coefficient (Wildman–Crippen LogP) is 1.37. The van der Waals surface area contributed by atoms with E-state index in [4.69, 9.17) is 10.8 Å². The summed E-state index contributed by atoms with van der Waals surface area (Å²) in [5.74, 6) is -1.39. The number of amides is 1. The largest absolute Gasteiger partial charge is 0.478 e. The van der Waals surface area contributed by atoms with Crippen molar-refractivity contribution < 1.29 is 14.7 Å². The third kappa shape index (κ3) is 3.29. The Morgan fingerprint density at radius 3 is 2.41 bits per heavy atom. The molecule has 0 aliphatic carbocycles. The van der Waals surface area contributed by atoms with Gasteiger partial charge in [0.2, 0.25) is 5.91 Å². The smallest absolute Gasteiger partial charge is 0.335 e. The van der Waals surface area contributed by atoms with Crippen molar-refractivity contribution in [3.05, 3.63) is 29.3 Å².